The third-order valence-electron chi connectivity index (χ3n) is 2.26. The first-order chi connectivity index (χ1) is 11.7. The molecule has 0 aromatic carbocycles. The predicted molar refractivity (Wildman–Crippen MR) is 55.2 cm³/mol. The van der Waals surface area contributed by atoms with Gasteiger partial charge in [0.25, 0.3) is 0 Å². The zero-order chi connectivity index (χ0) is 23.4. The van der Waals surface area contributed by atoms with Crippen molar-refractivity contribution in [3.8, 4) is 0 Å². The van der Waals surface area contributed by atoms with Gasteiger partial charge in [0, 0.05) is 51.4 Å². The van der Waals surface area contributed by atoms with Gasteiger partial charge in [0.2, 0.25) is 0 Å². The van der Waals surface area contributed by atoms with E-state index in [0.717, 1.165) is 0 Å². The number of hydrogen-bond donors (Lipinski definition) is 1. The Bertz CT molecular complexity index is 684. The molecule has 171 valence electrons. The minimum atomic E-state index is -7.92. The van der Waals surface area contributed by atoms with Crippen molar-refractivity contribution >= 4 is 61.5 Å². The maximum Gasteiger partial charge on any atom is 0.483 e. The molecule has 0 fully saturated rings. The maximum absolute atomic E-state index is 13.4. The van der Waals surface area contributed by atoms with Crippen LogP contribution in [0, 0.1) is 0 Å². The van der Waals surface area contributed by atoms with Gasteiger partial charge in [-0.2, -0.15) is 74.3 Å². The Hall–Kier alpha value is 0.416. The van der Waals surface area contributed by atoms with Crippen molar-refractivity contribution in [2.24, 2.45) is 0 Å². The van der Waals surface area contributed by atoms with Crippen molar-refractivity contribution in [3.63, 3.8) is 0 Å². The summed E-state index contributed by atoms with van der Waals surface area (Å²) in [6.07, 6.45) is -38.0. The molecule has 1 unspecified atom stereocenters. The van der Waals surface area contributed by atoms with E-state index in [-0.39, 0.29) is 51.4 Å². The van der Waals surface area contributed by atoms with Crippen LogP contribution in [0.2, 0.25) is 0 Å². The summed E-state index contributed by atoms with van der Waals surface area (Å²) in [5, 5.41) is -7.33. The molecule has 22 heteroatoms. The molecule has 29 heavy (non-hydrogen) atoms. The first-order valence-corrected chi connectivity index (χ1v) is 6.81. The number of hydrogen-bond acceptors (Lipinski definition) is 4. The summed E-state index contributed by atoms with van der Waals surface area (Å²) in [4.78, 5) is 0. The van der Waals surface area contributed by atoms with Crippen molar-refractivity contribution in [3.05, 3.63) is 0 Å². The summed E-state index contributed by atoms with van der Waals surface area (Å²) in [6, 6.07) is 0. The van der Waals surface area contributed by atoms with E-state index < -0.39 is 51.9 Å². The van der Waals surface area contributed by atoms with Gasteiger partial charge in [0.15, 0.2) is 0 Å². The monoisotopic (exact) mass is 521 g/mol. The van der Waals surface area contributed by atoms with Crippen LogP contribution in [0.4, 0.5) is 65.9 Å². The number of rotatable bonds is 7. The summed E-state index contributed by atoms with van der Waals surface area (Å²) in [5.74, 6) is -7.92. The number of alkyl halides is 15. The largest absolute Gasteiger partial charge is 0.483 e. The minimum absolute atomic E-state index is 0. The van der Waals surface area contributed by atoms with Gasteiger partial charge in [-0.1, -0.05) is 0 Å². The van der Waals surface area contributed by atoms with Gasteiger partial charge in [-0.05, 0) is 0 Å². The third-order valence-corrected chi connectivity index (χ3v) is 3.14. The fourth-order valence-electron chi connectivity index (χ4n) is 0.953. The molecule has 0 aromatic rings. The van der Waals surface area contributed by atoms with E-state index in [9.17, 15) is 74.3 Å². The first-order valence-electron chi connectivity index (χ1n) is 5.37. The summed E-state index contributed by atoms with van der Waals surface area (Å²) in [6.45, 7) is 0. The second kappa shape index (κ2) is 8.40. The minimum Gasteiger partial charge on any atom is -0.281 e. The normalized spacial score (nSPS) is 17.5. The molecule has 0 aliphatic heterocycles. The molecule has 0 saturated carbocycles. The maximum atomic E-state index is 13.4. The van der Waals surface area contributed by atoms with Crippen LogP contribution in [-0.2, 0) is 19.6 Å². The molecular formula is C7HF15KO5S. The van der Waals surface area contributed by atoms with Crippen molar-refractivity contribution in [1.82, 2.24) is 0 Å². The number of halogens is 15. The zero-order valence-electron chi connectivity index (χ0n) is 12.7. The van der Waals surface area contributed by atoms with Crippen LogP contribution in [0.1, 0.15) is 0 Å². The molecule has 0 rings (SSSR count). The second-order valence-electron chi connectivity index (χ2n) is 4.34. The van der Waals surface area contributed by atoms with Crippen LogP contribution in [0.5, 0.6) is 0 Å². The third kappa shape index (κ3) is 6.02. The molecule has 1 atom stereocenters. The summed E-state index contributed by atoms with van der Waals surface area (Å²) >= 11 is 0. The fourth-order valence-corrected chi connectivity index (χ4v) is 1.29. The molecule has 0 aliphatic carbocycles. The predicted octanol–water partition coefficient (Wildman–Crippen LogP) is 3.69. The van der Waals surface area contributed by atoms with Crippen molar-refractivity contribution in [1.29, 1.82) is 0 Å². The summed E-state index contributed by atoms with van der Waals surface area (Å²) < 4.78 is 217. The molecule has 1 N–H and O–H groups in total. The van der Waals surface area contributed by atoms with E-state index in [2.05, 4.69) is 0 Å². The van der Waals surface area contributed by atoms with Crippen molar-refractivity contribution < 1.29 is 88.3 Å². The molecule has 0 heterocycles. The molecule has 1 radical (unpaired) electrons. The second-order valence-corrected chi connectivity index (χ2v) is 5.80. The quantitative estimate of drug-likeness (QED) is 0.315. The Morgan fingerprint density at radius 3 is 1.14 bits per heavy atom. The van der Waals surface area contributed by atoms with Crippen molar-refractivity contribution in [2.75, 3.05) is 0 Å². The summed E-state index contributed by atoms with van der Waals surface area (Å²) in [7, 11) is -7.54. The SMILES string of the molecule is O=S(=O)(O)C(F)(F)C(F)(F)OC(F)(C(F)(F)F)C(F)(F)OC(F)(F)C(F)(F)F.[K]. The molecule has 0 bridgehead atoms. The molecule has 0 aromatic heterocycles. The van der Waals surface area contributed by atoms with Crippen LogP contribution < -0.4 is 0 Å². The van der Waals surface area contributed by atoms with E-state index >= 15 is 0 Å². The Labute approximate surface area is 190 Å². The van der Waals surface area contributed by atoms with Gasteiger partial charge in [0.05, 0.1) is 0 Å². The smallest absolute Gasteiger partial charge is 0.281 e. The molecule has 0 amide bonds. The summed E-state index contributed by atoms with van der Waals surface area (Å²) in [5.41, 5.74) is 0. The van der Waals surface area contributed by atoms with Crippen LogP contribution >= 0.6 is 0 Å². The Balaban J connectivity index is 0. The molecule has 0 saturated heterocycles. The Morgan fingerprint density at radius 2 is 0.897 bits per heavy atom. The van der Waals surface area contributed by atoms with Gasteiger partial charge >= 0.3 is 51.9 Å². The molecule has 0 aliphatic rings. The van der Waals surface area contributed by atoms with Gasteiger partial charge in [0.1, 0.15) is 0 Å². The Morgan fingerprint density at radius 1 is 0.552 bits per heavy atom. The fraction of sp³-hybridized carbons (Fsp3) is 1.00. The average molecular weight is 521 g/mol. The first kappa shape index (κ1) is 31.6. The van der Waals surface area contributed by atoms with Crippen molar-refractivity contribution in [2.45, 2.75) is 41.8 Å². The van der Waals surface area contributed by atoms with E-state index in [1.165, 1.54) is 9.47 Å². The average Bonchev–Trinajstić information content (AvgIpc) is 2.31. The van der Waals surface area contributed by atoms with Gasteiger partial charge in [-0.25, -0.2) is 4.74 Å². The van der Waals surface area contributed by atoms with Gasteiger partial charge in [-0.3, -0.25) is 9.29 Å². The van der Waals surface area contributed by atoms with Gasteiger partial charge < -0.3 is 0 Å². The molecular weight excluding hydrogens is 520 g/mol. The molecule has 0 spiro atoms. The van der Waals surface area contributed by atoms with Crippen LogP contribution in [-0.4, -0.2) is 106 Å². The standard InChI is InChI=1S/C7HF15O5S.K/c8-1(2(9,10)11,4(15,16)27-5(17,18)3(12,13)14)26-6(19,20)7(21,22)28(23,24)25;/h(H,23,24,25);. The zero-order valence-corrected chi connectivity index (χ0v) is 16.6. The van der Waals surface area contributed by atoms with E-state index in [4.69, 9.17) is 4.55 Å². The van der Waals surface area contributed by atoms with Gasteiger partial charge in [-0.15, -0.1) is 0 Å². The number of ether oxygens (including phenoxy) is 2. The van der Waals surface area contributed by atoms with E-state index in [0.29, 0.717) is 0 Å². The topological polar surface area (TPSA) is 72.8 Å². The van der Waals surface area contributed by atoms with Crippen LogP contribution in [0.15, 0.2) is 0 Å². The molecule has 5 nitrogen and oxygen atoms in total. The Kier molecular flexibility index (Phi) is 9.16. The van der Waals surface area contributed by atoms with Crippen LogP contribution in [0.3, 0.4) is 0 Å². The van der Waals surface area contributed by atoms with E-state index in [1.807, 2.05) is 0 Å². The van der Waals surface area contributed by atoms with E-state index in [1.54, 1.807) is 0 Å². The van der Waals surface area contributed by atoms with Crippen LogP contribution in [0.25, 0.3) is 0 Å².